The molecule has 24 heavy (non-hydrogen) atoms. The number of hydrogen-bond acceptors (Lipinski definition) is 5. The van der Waals surface area contributed by atoms with Crippen molar-refractivity contribution in [3.8, 4) is 0 Å². The van der Waals surface area contributed by atoms with Gasteiger partial charge in [-0.25, -0.2) is 13.6 Å². The second kappa shape index (κ2) is 7.43. The molecule has 0 spiro atoms. The Labute approximate surface area is 142 Å². The summed E-state index contributed by atoms with van der Waals surface area (Å²) in [6.07, 6.45) is 0.196. The highest BCUT2D eigenvalue weighted by Gasteiger charge is 2.30. The molecule has 0 bridgehead atoms. The van der Waals surface area contributed by atoms with E-state index in [4.69, 9.17) is 5.14 Å². The van der Waals surface area contributed by atoms with Gasteiger partial charge < -0.3 is 5.11 Å². The first-order valence-corrected chi connectivity index (χ1v) is 9.31. The van der Waals surface area contributed by atoms with Crippen molar-refractivity contribution in [3.05, 3.63) is 41.0 Å². The molecule has 1 aromatic carbocycles. The molecule has 8 heteroatoms. The predicted molar refractivity (Wildman–Crippen MR) is 90.2 cm³/mol. The molecule has 7 nitrogen and oxygen atoms in total. The van der Waals surface area contributed by atoms with Crippen LogP contribution in [-0.2, 0) is 21.2 Å². The molecule has 132 valence electrons. The summed E-state index contributed by atoms with van der Waals surface area (Å²) in [5.41, 5.74) is 2.65. The number of hydrogen-bond donors (Lipinski definition) is 3. The lowest BCUT2D eigenvalue weighted by Gasteiger charge is -2.24. The van der Waals surface area contributed by atoms with Gasteiger partial charge >= 0.3 is 0 Å². The Morgan fingerprint density at radius 3 is 2.46 bits per heavy atom. The van der Waals surface area contributed by atoms with Crippen molar-refractivity contribution >= 4 is 15.9 Å². The second-order valence-electron chi connectivity index (χ2n) is 5.81. The summed E-state index contributed by atoms with van der Waals surface area (Å²) in [6.45, 7) is 4.70. The topological polar surface area (TPSA) is 113 Å². The van der Waals surface area contributed by atoms with Gasteiger partial charge in [-0.2, -0.15) is 0 Å². The van der Waals surface area contributed by atoms with E-state index in [9.17, 15) is 18.3 Å². The highest BCUT2D eigenvalue weighted by molar-refractivity contribution is 7.89. The largest absolute Gasteiger partial charge is 0.361 e. The number of rotatable bonds is 7. The smallest absolute Gasteiger partial charge is 0.253 e. The Balaban J connectivity index is 1.85. The average molecular weight is 353 g/mol. The molecular weight excluding hydrogens is 330 g/mol. The first kappa shape index (κ1) is 18.6. The number of aliphatic hydroxyl groups is 1. The third-order valence-electron chi connectivity index (χ3n) is 4.08. The van der Waals surface area contributed by atoms with Crippen molar-refractivity contribution in [3.63, 3.8) is 0 Å². The van der Waals surface area contributed by atoms with E-state index in [2.05, 4.69) is 5.32 Å². The molecule has 1 aromatic rings. The summed E-state index contributed by atoms with van der Waals surface area (Å²) in [5.74, 6) is -0.132. The van der Waals surface area contributed by atoms with Crippen LogP contribution < -0.4 is 10.5 Å². The van der Waals surface area contributed by atoms with E-state index in [-0.39, 0.29) is 10.8 Å². The van der Waals surface area contributed by atoms with E-state index < -0.39 is 16.4 Å². The average Bonchev–Trinajstić information content (AvgIpc) is 2.81. The van der Waals surface area contributed by atoms with Crippen LogP contribution in [0.15, 0.2) is 40.3 Å². The van der Waals surface area contributed by atoms with Gasteiger partial charge in [-0.05, 0) is 43.0 Å². The molecule has 1 amide bonds. The third kappa shape index (κ3) is 4.21. The molecule has 0 saturated heterocycles. The molecule has 0 fully saturated rings. The number of nitrogens with one attached hydrogen (secondary N) is 1. The van der Waals surface area contributed by atoms with E-state index in [1.54, 1.807) is 12.1 Å². The van der Waals surface area contributed by atoms with E-state index in [1.807, 2.05) is 13.8 Å². The SMILES string of the molecule is CCC1=C(C)CN(C(O)NCCc2ccc(S(N)(=O)=O)cc2)C1=O. The first-order valence-electron chi connectivity index (χ1n) is 7.76. The Hall–Kier alpha value is -1.74. The number of primary sulfonamides is 1. The molecule has 0 radical (unpaired) electrons. The van der Waals surface area contributed by atoms with Crippen LogP contribution in [0, 0.1) is 0 Å². The summed E-state index contributed by atoms with van der Waals surface area (Å²) in [4.78, 5) is 13.6. The summed E-state index contributed by atoms with van der Waals surface area (Å²) in [5, 5.41) is 18.1. The number of sulfonamides is 1. The predicted octanol–water partition coefficient (Wildman–Crippen LogP) is 0.311. The maximum atomic E-state index is 12.2. The molecule has 0 aromatic heterocycles. The summed E-state index contributed by atoms with van der Waals surface area (Å²) in [6, 6.07) is 6.25. The van der Waals surface area contributed by atoms with Crippen LogP contribution in [0.25, 0.3) is 0 Å². The minimum atomic E-state index is -3.69. The zero-order valence-electron chi connectivity index (χ0n) is 13.8. The molecule has 1 unspecified atom stereocenters. The van der Waals surface area contributed by atoms with Gasteiger partial charge in [-0.15, -0.1) is 0 Å². The quantitative estimate of drug-likeness (QED) is 0.611. The Kier molecular flexibility index (Phi) is 5.76. The van der Waals surface area contributed by atoms with Crippen LogP contribution in [0.1, 0.15) is 25.8 Å². The van der Waals surface area contributed by atoms with E-state index in [0.29, 0.717) is 25.9 Å². The van der Waals surface area contributed by atoms with Crippen LogP contribution in [-0.4, -0.2) is 43.8 Å². The molecule has 1 aliphatic rings. The fourth-order valence-corrected chi connectivity index (χ4v) is 3.25. The number of nitrogens with zero attached hydrogens (tertiary/aromatic N) is 1. The normalized spacial score (nSPS) is 16.8. The van der Waals surface area contributed by atoms with Crippen molar-refractivity contribution in [2.24, 2.45) is 5.14 Å². The first-order chi connectivity index (χ1) is 11.2. The number of benzene rings is 1. The summed E-state index contributed by atoms with van der Waals surface area (Å²) in [7, 11) is -3.69. The van der Waals surface area contributed by atoms with Crippen molar-refractivity contribution in [2.75, 3.05) is 13.1 Å². The molecule has 1 atom stereocenters. The minimum Gasteiger partial charge on any atom is -0.361 e. The van der Waals surface area contributed by atoms with Crippen LogP contribution in [0.5, 0.6) is 0 Å². The van der Waals surface area contributed by atoms with Crippen LogP contribution in [0.2, 0.25) is 0 Å². The fraction of sp³-hybridized carbons (Fsp3) is 0.438. The Bertz CT molecular complexity index is 741. The van der Waals surface area contributed by atoms with Crippen molar-refractivity contribution in [1.82, 2.24) is 10.2 Å². The number of carbonyl (C=O) groups excluding carboxylic acids is 1. The molecule has 0 aliphatic carbocycles. The number of nitrogens with two attached hydrogens (primary N) is 1. The van der Waals surface area contributed by atoms with Gasteiger partial charge in [0, 0.05) is 18.7 Å². The van der Waals surface area contributed by atoms with Gasteiger partial charge in [0.05, 0.1) is 4.90 Å². The third-order valence-corrected chi connectivity index (χ3v) is 5.01. The zero-order chi connectivity index (χ0) is 17.9. The van der Waals surface area contributed by atoms with Gasteiger partial charge in [-0.3, -0.25) is 15.0 Å². The standard InChI is InChI=1S/C16H23N3O4S/c1-3-14-11(2)10-19(15(14)20)16(21)18-9-8-12-4-6-13(7-5-12)24(17,22)23/h4-7,16,18,21H,3,8-10H2,1-2H3,(H2,17,22,23). The van der Waals surface area contributed by atoms with Crippen LogP contribution in [0.4, 0.5) is 0 Å². The molecule has 1 aliphatic heterocycles. The number of aliphatic hydroxyl groups excluding tert-OH is 1. The molecular formula is C16H23N3O4S. The lowest BCUT2D eigenvalue weighted by atomic mass is 10.1. The minimum absolute atomic E-state index is 0.0653. The highest BCUT2D eigenvalue weighted by Crippen LogP contribution is 2.22. The van der Waals surface area contributed by atoms with E-state index in [1.165, 1.54) is 17.0 Å². The molecule has 2 rings (SSSR count). The van der Waals surface area contributed by atoms with Crippen molar-refractivity contribution in [2.45, 2.75) is 37.9 Å². The highest BCUT2D eigenvalue weighted by atomic mass is 32.2. The van der Waals surface area contributed by atoms with Gasteiger partial charge in [0.25, 0.3) is 5.91 Å². The monoisotopic (exact) mass is 353 g/mol. The molecule has 4 N–H and O–H groups in total. The summed E-state index contributed by atoms with van der Waals surface area (Å²) >= 11 is 0. The number of amides is 1. The van der Waals surface area contributed by atoms with Gasteiger partial charge in [0.2, 0.25) is 10.0 Å². The fourth-order valence-electron chi connectivity index (χ4n) is 2.73. The molecule has 1 heterocycles. The Morgan fingerprint density at radius 1 is 1.33 bits per heavy atom. The van der Waals surface area contributed by atoms with E-state index >= 15 is 0 Å². The zero-order valence-corrected chi connectivity index (χ0v) is 14.6. The van der Waals surface area contributed by atoms with Crippen LogP contribution in [0.3, 0.4) is 0 Å². The van der Waals surface area contributed by atoms with Gasteiger partial charge in [-0.1, -0.05) is 19.1 Å². The maximum absolute atomic E-state index is 12.2. The molecule has 0 saturated carbocycles. The Morgan fingerprint density at radius 2 is 1.96 bits per heavy atom. The number of carbonyl (C=O) groups is 1. The lowest BCUT2D eigenvalue weighted by molar-refractivity contribution is -0.136. The van der Waals surface area contributed by atoms with Crippen molar-refractivity contribution in [1.29, 1.82) is 0 Å². The summed E-state index contributed by atoms with van der Waals surface area (Å²) < 4.78 is 22.4. The van der Waals surface area contributed by atoms with E-state index in [0.717, 1.165) is 16.7 Å². The van der Waals surface area contributed by atoms with Crippen molar-refractivity contribution < 1.29 is 18.3 Å². The van der Waals surface area contributed by atoms with Gasteiger partial charge in [0.1, 0.15) is 0 Å². The lowest BCUT2D eigenvalue weighted by Crippen LogP contribution is -2.47. The second-order valence-corrected chi connectivity index (χ2v) is 7.37. The van der Waals surface area contributed by atoms with Crippen LogP contribution >= 0.6 is 0 Å². The maximum Gasteiger partial charge on any atom is 0.253 e. The van der Waals surface area contributed by atoms with Gasteiger partial charge in [0.15, 0.2) is 6.35 Å².